The lowest BCUT2D eigenvalue weighted by atomic mass is 9.65. The average molecular weight is 209 g/mol. The molecule has 0 saturated heterocycles. The van der Waals surface area contributed by atoms with Crippen molar-refractivity contribution < 1.29 is 0 Å². The standard InChI is InChI=1S/C14H27N/c1-14(10-6-3-7-11-14)13(15)12-8-4-2-5-9-12/h12-13H,2-11,15H2,1H3. The number of hydrogen-bond acceptors (Lipinski definition) is 1. The van der Waals surface area contributed by atoms with Crippen LogP contribution in [0.4, 0.5) is 0 Å². The molecule has 2 saturated carbocycles. The van der Waals surface area contributed by atoms with E-state index in [4.69, 9.17) is 5.73 Å². The molecule has 2 rings (SSSR count). The third-order valence-corrected chi connectivity index (χ3v) is 4.96. The van der Waals surface area contributed by atoms with Gasteiger partial charge >= 0.3 is 0 Å². The van der Waals surface area contributed by atoms with Gasteiger partial charge in [-0.1, -0.05) is 45.4 Å². The smallest absolute Gasteiger partial charge is 0.0121 e. The van der Waals surface area contributed by atoms with Gasteiger partial charge in [-0.3, -0.25) is 0 Å². The highest BCUT2D eigenvalue weighted by Gasteiger charge is 2.37. The second-order valence-corrected chi connectivity index (χ2v) is 6.14. The zero-order chi connectivity index (χ0) is 10.7. The molecule has 2 aliphatic carbocycles. The number of nitrogens with two attached hydrogens (primary N) is 1. The SMILES string of the molecule is CC1(C(N)C2CCCCC2)CCCCC1. The summed E-state index contributed by atoms with van der Waals surface area (Å²) in [7, 11) is 0. The molecule has 1 heteroatoms. The molecule has 0 radical (unpaired) electrons. The van der Waals surface area contributed by atoms with E-state index in [2.05, 4.69) is 6.92 Å². The van der Waals surface area contributed by atoms with E-state index in [1.165, 1.54) is 64.2 Å². The Morgan fingerprint density at radius 3 is 2.07 bits per heavy atom. The van der Waals surface area contributed by atoms with Crippen molar-refractivity contribution in [1.82, 2.24) is 0 Å². The van der Waals surface area contributed by atoms with Gasteiger partial charge in [0.25, 0.3) is 0 Å². The molecule has 0 bridgehead atoms. The molecule has 88 valence electrons. The molecule has 1 unspecified atom stereocenters. The van der Waals surface area contributed by atoms with Gasteiger partial charge in [-0.25, -0.2) is 0 Å². The molecule has 0 aromatic carbocycles. The summed E-state index contributed by atoms with van der Waals surface area (Å²) in [6.45, 7) is 2.45. The van der Waals surface area contributed by atoms with Crippen molar-refractivity contribution in [3.05, 3.63) is 0 Å². The highest BCUT2D eigenvalue weighted by Crippen LogP contribution is 2.43. The summed E-state index contributed by atoms with van der Waals surface area (Å²) in [6, 6.07) is 0.484. The Bertz CT molecular complexity index is 188. The minimum absolute atomic E-state index is 0.472. The zero-order valence-electron chi connectivity index (χ0n) is 10.3. The quantitative estimate of drug-likeness (QED) is 0.734. The topological polar surface area (TPSA) is 26.0 Å². The van der Waals surface area contributed by atoms with Gasteiger partial charge in [0.15, 0.2) is 0 Å². The largest absolute Gasteiger partial charge is 0.327 e. The molecule has 0 heterocycles. The maximum atomic E-state index is 6.56. The monoisotopic (exact) mass is 209 g/mol. The molecule has 1 atom stereocenters. The number of rotatable bonds is 2. The Morgan fingerprint density at radius 2 is 1.47 bits per heavy atom. The molecule has 2 N–H and O–H groups in total. The summed E-state index contributed by atoms with van der Waals surface area (Å²) < 4.78 is 0. The molecule has 1 nitrogen and oxygen atoms in total. The predicted octanol–water partition coefficient (Wildman–Crippen LogP) is 3.86. The molecule has 2 fully saturated rings. The summed E-state index contributed by atoms with van der Waals surface area (Å²) in [5, 5.41) is 0. The zero-order valence-corrected chi connectivity index (χ0v) is 10.3. The van der Waals surface area contributed by atoms with E-state index in [0.717, 1.165) is 5.92 Å². The van der Waals surface area contributed by atoms with Gasteiger partial charge in [0.05, 0.1) is 0 Å². The first-order valence-corrected chi connectivity index (χ1v) is 6.98. The van der Waals surface area contributed by atoms with Crippen LogP contribution in [-0.4, -0.2) is 6.04 Å². The molecule has 0 aliphatic heterocycles. The van der Waals surface area contributed by atoms with Gasteiger partial charge in [-0.2, -0.15) is 0 Å². The summed E-state index contributed by atoms with van der Waals surface area (Å²) in [4.78, 5) is 0. The average Bonchev–Trinajstić information content (AvgIpc) is 2.30. The van der Waals surface area contributed by atoms with Crippen LogP contribution >= 0.6 is 0 Å². The normalized spacial score (nSPS) is 30.0. The molecular formula is C14H27N. The van der Waals surface area contributed by atoms with Gasteiger partial charge < -0.3 is 5.73 Å². The Hall–Kier alpha value is -0.0400. The van der Waals surface area contributed by atoms with E-state index in [1.54, 1.807) is 0 Å². The van der Waals surface area contributed by atoms with Gasteiger partial charge in [-0.05, 0) is 37.0 Å². The minimum Gasteiger partial charge on any atom is -0.327 e. The lowest BCUT2D eigenvalue weighted by Crippen LogP contribution is -2.46. The van der Waals surface area contributed by atoms with E-state index >= 15 is 0 Å². The minimum atomic E-state index is 0.472. The van der Waals surface area contributed by atoms with Crippen molar-refractivity contribution in [2.24, 2.45) is 17.1 Å². The molecule has 0 spiro atoms. The second kappa shape index (κ2) is 4.86. The Kier molecular flexibility index (Phi) is 3.71. The van der Waals surface area contributed by atoms with E-state index in [0.29, 0.717) is 11.5 Å². The first-order chi connectivity index (χ1) is 7.22. The van der Waals surface area contributed by atoms with Crippen molar-refractivity contribution in [2.45, 2.75) is 77.2 Å². The molecule has 2 aliphatic rings. The van der Waals surface area contributed by atoms with Crippen LogP contribution in [0.25, 0.3) is 0 Å². The van der Waals surface area contributed by atoms with Crippen molar-refractivity contribution >= 4 is 0 Å². The van der Waals surface area contributed by atoms with E-state index < -0.39 is 0 Å². The van der Waals surface area contributed by atoms with Crippen LogP contribution in [0.1, 0.15) is 71.1 Å². The van der Waals surface area contributed by atoms with E-state index in [1.807, 2.05) is 0 Å². The first kappa shape index (κ1) is 11.4. The van der Waals surface area contributed by atoms with Crippen LogP contribution in [0, 0.1) is 11.3 Å². The Morgan fingerprint density at radius 1 is 0.933 bits per heavy atom. The molecule has 0 aromatic rings. The van der Waals surface area contributed by atoms with Crippen LogP contribution in [0.15, 0.2) is 0 Å². The van der Waals surface area contributed by atoms with Gasteiger partial charge in [0.2, 0.25) is 0 Å². The fraction of sp³-hybridized carbons (Fsp3) is 1.00. The third-order valence-electron chi connectivity index (χ3n) is 4.96. The molecule has 15 heavy (non-hydrogen) atoms. The Balaban J connectivity index is 1.94. The highest BCUT2D eigenvalue weighted by atomic mass is 14.7. The Labute approximate surface area is 94.8 Å². The van der Waals surface area contributed by atoms with E-state index in [-0.39, 0.29) is 0 Å². The van der Waals surface area contributed by atoms with Gasteiger partial charge in [-0.15, -0.1) is 0 Å². The second-order valence-electron chi connectivity index (χ2n) is 6.14. The molecule has 0 amide bonds. The third kappa shape index (κ3) is 2.55. The summed E-state index contributed by atoms with van der Waals surface area (Å²) in [6.07, 6.45) is 14.1. The fourth-order valence-electron chi connectivity index (χ4n) is 3.76. The summed E-state index contributed by atoms with van der Waals surface area (Å²) in [5.74, 6) is 0.835. The highest BCUT2D eigenvalue weighted by molar-refractivity contribution is 4.92. The van der Waals surface area contributed by atoms with Gasteiger partial charge in [0.1, 0.15) is 0 Å². The first-order valence-electron chi connectivity index (χ1n) is 6.98. The maximum Gasteiger partial charge on any atom is 0.0121 e. The van der Waals surface area contributed by atoms with Crippen LogP contribution in [0.3, 0.4) is 0 Å². The fourth-order valence-corrected chi connectivity index (χ4v) is 3.76. The lowest BCUT2D eigenvalue weighted by molar-refractivity contribution is 0.111. The van der Waals surface area contributed by atoms with E-state index in [9.17, 15) is 0 Å². The van der Waals surface area contributed by atoms with Gasteiger partial charge in [0, 0.05) is 6.04 Å². The molecular weight excluding hydrogens is 182 g/mol. The lowest BCUT2D eigenvalue weighted by Gasteiger charge is -2.43. The van der Waals surface area contributed by atoms with Crippen LogP contribution in [-0.2, 0) is 0 Å². The maximum absolute atomic E-state index is 6.56. The van der Waals surface area contributed by atoms with Crippen molar-refractivity contribution in [3.8, 4) is 0 Å². The predicted molar refractivity (Wildman–Crippen MR) is 65.7 cm³/mol. The van der Waals surface area contributed by atoms with Crippen molar-refractivity contribution in [2.75, 3.05) is 0 Å². The van der Waals surface area contributed by atoms with Crippen LogP contribution in [0.5, 0.6) is 0 Å². The number of hydrogen-bond donors (Lipinski definition) is 1. The van der Waals surface area contributed by atoms with Crippen molar-refractivity contribution in [3.63, 3.8) is 0 Å². The summed E-state index contributed by atoms with van der Waals surface area (Å²) in [5.41, 5.74) is 7.03. The van der Waals surface area contributed by atoms with Crippen LogP contribution < -0.4 is 5.73 Å². The van der Waals surface area contributed by atoms with Crippen LogP contribution in [0.2, 0.25) is 0 Å². The summed E-state index contributed by atoms with van der Waals surface area (Å²) >= 11 is 0. The van der Waals surface area contributed by atoms with Crippen molar-refractivity contribution in [1.29, 1.82) is 0 Å². The molecule has 0 aromatic heterocycles.